The number of fused-ring (bicyclic) bond motifs is 2. The van der Waals surface area contributed by atoms with E-state index in [0.717, 1.165) is 0 Å². The minimum Gasteiger partial charge on any atom is -0.493 e. The molecular weight excluding hydrogens is 420 g/mol. The maximum absolute atomic E-state index is 12.0. The van der Waals surface area contributed by atoms with Gasteiger partial charge in [0.2, 0.25) is 5.88 Å². The highest BCUT2D eigenvalue weighted by Gasteiger charge is 2.13. The fraction of sp³-hybridized carbons (Fsp3) is 0.0588. The smallest absolute Gasteiger partial charge is 0.283 e. The van der Waals surface area contributed by atoms with Crippen LogP contribution in [0, 0.1) is 10.1 Å². The number of nitro groups is 1. The third kappa shape index (κ3) is 3.86. The van der Waals surface area contributed by atoms with Gasteiger partial charge in [-0.05, 0) is 24.3 Å². The molecule has 0 unspecified atom stereocenters. The summed E-state index contributed by atoms with van der Waals surface area (Å²) in [4.78, 5) is 29.4. The van der Waals surface area contributed by atoms with Crippen LogP contribution in [0.15, 0.2) is 46.6 Å². The number of thiazole rings is 1. The third-order valence-corrected chi connectivity index (χ3v) is 5.16. The van der Waals surface area contributed by atoms with Crippen LogP contribution >= 0.6 is 22.9 Å². The van der Waals surface area contributed by atoms with Gasteiger partial charge in [0.15, 0.2) is 10.8 Å². The number of carbonyl (C=O) groups excluding carboxylic acids is 1. The molecule has 0 spiro atoms. The zero-order chi connectivity index (χ0) is 20.5. The summed E-state index contributed by atoms with van der Waals surface area (Å²) in [6, 6.07) is 9.27. The largest absolute Gasteiger partial charge is 0.493 e. The zero-order valence-corrected chi connectivity index (χ0v) is 16.0. The van der Waals surface area contributed by atoms with E-state index in [1.54, 1.807) is 24.3 Å². The number of H-pyrrole nitrogens is 1. The first-order chi connectivity index (χ1) is 13.9. The second-order valence-corrected chi connectivity index (χ2v) is 7.35. The van der Waals surface area contributed by atoms with Gasteiger partial charge in [-0.1, -0.05) is 22.9 Å². The van der Waals surface area contributed by atoms with E-state index in [2.05, 4.69) is 25.5 Å². The Morgan fingerprint density at radius 1 is 1.34 bits per heavy atom. The van der Waals surface area contributed by atoms with Crippen LogP contribution in [0.1, 0.15) is 0 Å². The molecule has 0 saturated carbocycles. The Balaban J connectivity index is 1.46. The van der Waals surface area contributed by atoms with Gasteiger partial charge in [-0.2, -0.15) is 0 Å². The number of rotatable bonds is 5. The first kappa shape index (κ1) is 18.8. The molecule has 0 aliphatic carbocycles. The summed E-state index contributed by atoms with van der Waals surface area (Å²) in [5.74, 6) is -0.814. The Morgan fingerprint density at radius 2 is 2.17 bits per heavy atom. The van der Waals surface area contributed by atoms with Gasteiger partial charge in [-0.25, -0.2) is 4.98 Å². The van der Waals surface area contributed by atoms with E-state index >= 15 is 0 Å². The maximum atomic E-state index is 12.0. The summed E-state index contributed by atoms with van der Waals surface area (Å²) in [7, 11) is 0. The number of non-ortho nitro benzene ring substituents is 1. The Kier molecular flexibility index (Phi) is 4.82. The number of aromatic amines is 1. The number of halogens is 1. The van der Waals surface area contributed by atoms with E-state index in [0.29, 0.717) is 31.3 Å². The minimum atomic E-state index is -0.592. The van der Waals surface area contributed by atoms with E-state index < -0.39 is 10.8 Å². The van der Waals surface area contributed by atoms with Crippen LogP contribution in [-0.2, 0) is 4.79 Å². The lowest BCUT2D eigenvalue weighted by Crippen LogP contribution is -2.10. The number of nitro benzene ring substituents is 1. The van der Waals surface area contributed by atoms with E-state index in [1.807, 2.05) is 0 Å². The van der Waals surface area contributed by atoms with Crippen LogP contribution in [0.3, 0.4) is 0 Å². The Bertz CT molecular complexity index is 1300. The molecule has 0 radical (unpaired) electrons. The number of anilines is 1. The second kappa shape index (κ2) is 7.45. The van der Waals surface area contributed by atoms with E-state index in [1.165, 1.54) is 23.5 Å². The number of nitrogens with one attached hydrogen (secondary N) is 2. The van der Waals surface area contributed by atoms with Gasteiger partial charge >= 0.3 is 0 Å². The molecule has 1 amide bonds. The molecule has 0 bridgehead atoms. The molecule has 2 aromatic carbocycles. The van der Waals surface area contributed by atoms with E-state index in [-0.39, 0.29) is 23.8 Å². The van der Waals surface area contributed by atoms with Crippen molar-refractivity contribution in [3.63, 3.8) is 0 Å². The highest BCUT2D eigenvalue weighted by molar-refractivity contribution is 7.22. The van der Waals surface area contributed by atoms with Crippen molar-refractivity contribution in [2.45, 2.75) is 0 Å². The SMILES string of the molecule is O=C(CNc1nc2ccc([N+](=O)[O-])cc2s1)N=Nc1c(O)[nH]c2ccc(Cl)cc12. The number of hydrogen-bond acceptors (Lipinski definition) is 8. The van der Waals surface area contributed by atoms with Gasteiger partial charge in [-0.3, -0.25) is 14.9 Å². The quantitative estimate of drug-likeness (QED) is 0.236. The zero-order valence-electron chi connectivity index (χ0n) is 14.4. The molecular formula is C17H11ClN6O4S. The lowest BCUT2D eigenvalue weighted by atomic mass is 10.2. The molecule has 0 atom stereocenters. The van der Waals surface area contributed by atoms with Crippen molar-refractivity contribution >= 4 is 66.5 Å². The third-order valence-electron chi connectivity index (χ3n) is 3.95. The summed E-state index contributed by atoms with van der Waals surface area (Å²) >= 11 is 7.13. The van der Waals surface area contributed by atoms with Gasteiger partial charge in [-0.15, -0.1) is 10.2 Å². The number of amides is 1. The maximum Gasteiger partial charge on any atom is 0.283 e. The molecule has 0 aliphatic rings. The van der Waals surface area contributed by atoms with E-state index in [9.17, 15) is 20.0 Å². The van der Waals surface area contributed by atoms with Gasteiger partial charge in [0, 0.05) is 22.5 Å². The molecule has 0 aliphatic heterocycles. The summed E-state index contributed by atoms with van der Waals surface area (Å²) in [6.07, 6.45) is 0. The van der Waals surface area contributed by atoms with Gasteiger partial charge in [0.25, 0.3) is 11.6 Å². The molecule has 3 N–H and O–H groups in total. The predicted octanol–water partition coefficient (Wildman–Crippen LogP) is 4.77. The van der Waals surface area contributed by atoms with Crippen LogP contribution < -0.4 is 5.32 Å². The molecule has 29 heavy (non-hydrogen) atoms. The van der Waals surface area contributed by atoms with Crippen molar-refractivity contribution in [1.82, 2.24) is 9.97 Å². The van der Waals surface area contributed by atoms with Crippen LogP contribution in [0.5, 0.6) is 5.88 Å². The van der Waals surface area contributed by atoms with Gasteiger partial charge < -0.3 is 15.4 Å². The normalized spacial score (nSPS) is 11.5. The number of aromatic nitrogens is 2. The van der Waals surface area contributed by atoms with Crippen molar-refractivity contribution < 1.29 is 14.8 Å². The van der Waals surface area contributed by atoms with Gasteiger partial charge in [0.05, 0.1) is 20.7 Å². The number of azo groups is 1. The van der Waals surface area contributed by atoms with E-state index in [4.69, 9.17) is 11.6 Å². The number of benzene rings is 2. The van der Waals surface area contributed by atoms with Crippen molar-refractivity contribution in [3.8, 4) is 5.88 Å². The summed E-state index contributed by atoms with van der Waals surface area (Å²) in [6.45, 7) is -0.185. The van der Waals surface area contributed by atoms with Crippen molar-refractivity contribution in [2.24, 2.45) is 10.2 Å². The first-order valence-corrected chi connectivity index (χ1v) is 9.34. The first-order valence-electron chi connectivity index (χ1n) is 8.14. The monoisotopic (exact) mass is 430 g/mol. The predicted molar refractivity (Wildman–Crippen MR) is 109 cm³/mol. The Morgan fingerprint density at radius 3 is 2.97 bits per heavy atom. The summed E-state index contributed by atoms with van der Waals surface area (Å²) in [5, 5.41) is 32.4. The highest BCUT2D eigenvalue weighted by Crippen LogP contribution is 2.36. The number of aromatic hydroxyl groups is 1. The van der Waals surface area contributed by atoms with Crippen molar-refractivity contribution in [3.05, 3.63) is 51.5 Å². The fourth-order valence-electron chi connectivity index (χ4n) is 2.63. The summed E-state index contributed by atoms with van der Waals surface area (Å²) < 4.78 is 0.622. The van der Waals surface area contributed by atoms with Crippen LogP contribution in [0.4, 0.5) is 16.5 Å². The molecule has 4 aromatic rings. The fourth-order valence-corrected chi connectivity index (χ4v) is 3.70. The minimum absolute atomic E-state index is 0.0313. The molecule has 10 nitrogen and oxygen atoms in total. The molecule has 12 heteroatoms. The van der Waals surface area contributed by atoms with Crippen LogP contribution in [-0.4, -0.2) is 32.4 Å². The molecule has 2 aromatic heterocycles. The standard InChI is InChI=1S/C17H11ClN6O4S/c18-8-1-3-11-10(5-8)15(16(26)20-11)23-22-14(25)7-19-17-21-12-4-2-9(24(27)28)6-13(12)29-17/h1-6,20,26H,7H2,(H,19,21). The molecule has 0 fully saturated rings. The average Bonchev–Trinajstić information content (AvgIpc) is 3.23. The molecule has 0 saturated heterocycles. The topological polar surface area (TPSA) is 146 Å². The number of nitrogens with zero attached hydrogens (tertiary/aromatic N) is 4. The Hall–Kier alpha value is -3.57. The lowest BCUT2D eigenvalue weighted by molar-refractivity contribution is -0.384. The number of carbonyl (C=O) groups is 1. The Labute approximate surface area is 171 Å². The lowest BCUT2D eigenvalue weighted by Gasteiger charge is -1.97. The number of hydrogen-bond donors (Lipinski definition) is 3. The van der Waals surface area contributed by atoms with Crippen molar-refractivity contribution in [2.75, 3.05) is 11.9 Å². The van der Waals surface area contributed by atoms with Crippen LogP contribution in [0.25, 0.3) is 21.1 Å². The average molecular weight is 431 g/mol. The van der Waals surface area contributed by atoms with Crippen LogP contribution in [0.2, 0.25) is 5.02 Å². The molecule has 146 valence electrons. The second-order valence-electron chi connectivity index (χ2n) is 5.89. The molecule has 4 rings (SSSR count). The summed E-state index contributed by atoms with van der Waals surface area (Å²) in [5.41, 5.74) is 1.27. The van der Waals surface area contributed by atoms with Gasteiger partial charge in [0.1, 0.15) is 6.54 Å². The highest BCUT2D eigenvalue weighted by atomic mass is 35.5. The molecule has 2 heterocycles. The van der Waals surface area contributed by atoms with Crippen molar-refractivity contribution in [1.29, 1.82) is 0 Å².